The summed E-state index contributed by atoms with van der Waals surface area (Å²) in [5.41, 5.74) is 21.8. The highest BCUT2D eigenvalue weighted by Crippen LogP contribution is 2.06. The van der Waals surface area contributed by atoms with Gasteiger partial charge in [-0.25, -0.2) is 4.79 Å². The van der Waals surface area contributed by atoms with Crippen molar-refractivity contribution in [3.8, 4) is 0 Å². The average molecular weight is 489 g/mol. The fraction of sp³-hybridized carbons (Fsp3) is 0.750. The maximum atomic E-state index is 12.8. The maximum absolute atomic E-state index is 12.8. The number of hydrogen-bond donors (Lipinski definition) is 9. The van der Waals surface area contributed by atoms with Crippen LogP contribution in [-0.2, 0) is 19.2 Å². The number of aliphatic hydroxyl groups is 1. The van der Waals surface area contributed by atoms with Crippen molar-refractivity contribution in [1.82, 2.24) is 16.0 Å². The third-order valence-corrected chi connectivity index (χ3v) is 4.93. The number of aliphatic hydroxyl groups excluding tert-OH is 1. The van der Waals surface area contributed by atoms with E-state index >= 15 is 0 Å². The van der Waals surface area contributed by atoms with Gasteiger partial charge in [0.1, 0.15) is 18.1 Å². The largest absolute Gasteiger partial charge is 0.480 e. The number of aliphatic imine (C=N–C) groups is 1. The topological polar surface area (TPSA) is 261 Å². The van der Waals surface area contributed by atoms with Crippen molar-refractivity contribution in [2.45, 2.75) is 70.1 Å². The molecule has 0 rings (SSSR count). The van der Waals surface area contributed by atoms with Gasteiger partial charge in [-0.2, -0.15) is 0 Å². The van der Waals surface area contributed by atoms with Crippen LogP contribution >= 0.6 is 0 Å². The lowest BCUT2D eigenvalue weighted by molar-refractivity contribution is -0.143. The van der Waals surface area contributed by atoms with Crippen LogP contribution in [0.2, 0.25) is 0 Å². The normalized spacial score (nSPS) is 14.4. The third-order valence-electron chi connectivity index (χ3n) is 4.93. The number of nitrogens with zero attached hydrogens (tertiary/aromatic N) is 1. The first kappa shape index (κ1) is 31.0. The third kappa shape index (κ3) is 12.3. The molecule has 0 heterocycles. The lowest BCUT2D eigenvalue weighted by Crippen LogP contribution is -2.58. The van der Waals surface area contributed by atoms with Gasteiger partial charge in [0.25, 0.3) is 0 Å². The van der Waals surface area contributed by atoms with Gasteiger partial charge in [0.15, 0.2) is 5.96 Å². The molecule has 0 aromatic heterocycles. The minimum Gasteiger partial charge on any atom is -0.480 e. The van der Waals surface area contributed by atoms with Crippen molar-refractivity contribution < 1.29 is 29.4 Å². The Labute approximate surface area is 199 Å². The molecule has 3 amide bonds. The van der Waals surface area contributed by atoms with Crippen molar-refractivity contribution >= 4 is 29.7 Å². The average Bonchev–Trinajstić information content (AvgIpc) is 2.76. The van der Waals surface area contributed by atoms with Gasteiger partial charge in [-0.3, -0.25) is 19.4 Å². The van der Waals surface area contributed by atoms with Gasteiger partial charge < -0.3 is 49.1 Å². The van der Waals surface area contributed by atoms with Crippen LogP contribution in [0.25, 0.3) is 0 Å². The summed E-state index contributed by atoms with van der Waals surface area (Å²) in [6.45, 7) is 3.15. The summed E-state index contributed by atoms with van der Waals surface area (Å²) in [4.78, 5) is 53.0. The molecule has 13 N–H and O–H groups in total. The number of hydrogen-bond acceptors (Lipinski definition) is 8. The molecule has 0 saturated carbocycles. The molecule has 0 aliphatic heterocycles. The summed E-state index contributed by atoms with van der Waals surface area (Å²) < 4.78 is 0. The van der Waals surface area contributed by atoms with Crippen LogP contribution in [0.15, 0.2) is 4.99 Å². The standard InChI is InChI=1S/C20H40N8O6/c1-11(2)15(19(33)34)28-17(31)13(7-5-9-25-20(23)24)26-18(32)14(10-29)27-16(30)12(22)6-3-4-8-21/h11-15,29H,3-10,21-22H2,1-2H3,(H,26,32)(H,27,30)(H,28,31)(H,33,34)(H4,23,24,25). The highest BCUT2D eigenvalue weighted by atomic mass is 16.4. The molecule has 0 bridgehead atoms. The molecule has 4 unspecified atom stereocenters. The molecule has 0 radical (unpaired) electrons. The van der Waals surface area contributed by atoms with Gasteiger partial charge in [0, 0.05) is 6.54 Å². The number of aliphatic carboxylic acids is 1. The highest BCUT2D eigenvalue weighted by molar-refractivity contribution is 5.94. The van der Waals surface area contributed by atoms with E-state index in [2.05, 4.69) is 20.9 Å². The quantitative estimate of drug-likeness (QED) is 0.0558. The lowest BCUT2D eigenvalue weighted by atomic mass is 10.0. The molecular formula is C20H40N8O6. The number of nitrogens with two attached hydrogens (primary N) is 4. The summed E-state index contributed by atoms with van der Waals surface area (Å²) in [5.74, 6) is -3.97. The first-order valence-corrected chi connectivity index (χ1v) is 11.2. The Kier molecular flexibility index (Phi) is 15.2. The van der Waals surface area contributed by atoms with Crippen LogP contribution in [0.3, 0.4) is 0 Å². The molecule has 0 fully saturated rings. The Balaban J connectivity index is 5.30. The van der Waals surface area contributed by atoms with E-state index in [0.29, 0.717) is 25.8 Å². The first-order valence-electron chi connectivity index (χ1n) is 11.2. The SMILES string of the molecule is CC(C)C(NC(=O)C(CCCN=C(N)N)NC(=O)C(CO)NC(=O)C(N)CCCCN)C(=O)O. The molecule has 14 nitrogen and oxygen atoms in total. The van der Waals surface area contributed by atoms with Crippen LogP contribution < -0.4 is 38.9 Å². The van der Waals surface area contributed by atoms with E-state index < -0.39 is 60.4 Å². The minimum absolute atomic E-state index is 0.0729. The van der Waals surface area contributed by atoms with Gasteiger partial charge in [0.05, 0.1) is 12.6 Å². The summed E-state index contributed by atoms with van der Waals surface area (Å²) in [7, 11) is 0. The zero-order valence-corrected chi connectivity index (χ0v) is 19.8. The van der Waals surface area contributed by atoms with Crippen molar-refractivity contribution in [3.05, 3.63) is 0 Å². The number of carbonyl (C=O) groups is 4. The number of amides is 3. The Hall–Kier alpha value is -2.97. The molecule has 0 aliphatic carbocycles. The van der Waals surface area contributed by atoms with Crippen molar-refractivity contribution in [2.75, 3.05) is 19.7 Å². The number of guanidine groups is 1. The molecule has 196 valence electrons. The number of carboxylic acids is 1. The first-order chi connectivity index (χ1) is 15.9. The van der Waals surface area contributed by atoms with Crippen molar-refractivity contribution in [1.29, 1.82) is 0 Å². The van der Waals surface area contributed by atoms with Gasteiger partial charge in [0.2, 0.25) is 17.7 Å². The molecular weight excluding hydrogens is 448 g/mol. The van der Waals surface area contributed by atoms with E-state index in [1.807, 2.05) is 0 Å². The Morgan fingerprint density at radius 1 is 0.882 bits per heavy atom. The Morgan fingerprint density at radius 2 is 1.47 bits per heavy atom. The summed E-state index contributed by atoms with van der Waals surface area (Å²) in [6, 6.07) is -4.59. The summed E-state index contributed by atoms with van der Waals surface area (Å²) in [6.07, 6.45) is 2.03. The number of unbranched alkanes of at least 4 members (excludes halogenated alkanes) is 1. The van der Waals surface area contributed by atoms with Crippen LogP contribution in [0.4, 0.5) is 0 Å². The predicted octanol–water partition coefficient (Wildman–Crippen LogP) is -3.32. The zero-order chi connectivity index (χ0) is 26.3. The van der Waals surface area contributed by atoms with E-state index in [0.717, 1.165) is 0 Å². The molecule has 0 saturated heterocycles. The zero-order valence-electron chi connectivity index (χ0n) is 19.8. The number of nitrogens with one attached hydrogen (secondary N) is 3. The van der Waals surface area contributed by atoms with Gasteiger partial charge in [-0.1, -0.05) is 20.3 Å². The van der Waals surface area contributed by atoms with E-state index in [1.165, 1.54) is 0 Å². The summed E-state index contributed by atoms with van der Waals surface area (Å²) >= 11 is 0. The number of carbonyl (C=O) groups excluding carboxylic acids is 3. The molecule has 0 aromatic rings. The fourth-order valence-electron chi connectivity index (χ4n) is 2.92. The van der Waals surface area contributed by atoms with Crippen LogP contribution in [0, 0.1) is 5.92 Å². The molecule has 34 heavy (non-hydrogen) atoms. The lowest BCUT2D eigenvalue weighted by Gasteiger charge is -2.25. The van der Waals surface area contributed by atoms with Gasteiger partial charge >= 0.3 is 5.97 Å². The second kappa shape index (κ2) is 16.6. The molecule has 14 heteroatoms. The Morgan fingerprint density at radius 3 is 1.97 bits per heavy atom. The number of carboxylic acid groups (broad SMARTS) is 1. The molecule has 0 aromatic carbocycles. The molecule has 4 atom stereocenters. The number of rotatable bonds is 17. The highest BCUT2D eigenvalue weighted by Gasteiger charge is 2.30. The minimum atomic E-state index is -1.36. The Bertz CT molecular complexity index is 699. The van der Waals surface area contributed by atoms with Crippen LogP contribution in [0.5, 0.6) is 0 Å². The van der Waals surface area contributed by atoms with Crippen LogP contribution in [-0.4, -0.2) is 83.7 Å². The van der Waals surface area contributed by atoms with E-state index in [-0.39, 0.29) is 25.3 Å². The monoisotopic (exact) mass is 488 g/mol. The van der Waals surface area contributed by atoms with E-state index in [1.54, 1.807) is 13.8 Å². The smallest absolute Gasteiger partial charge is 0.326 e. The van der Waals surface area contributed by atoms with Crippen LogP contribution in [0.1, 0.15) is 46.0 Å². The van der Waals surface area contributed by atoms with Crippen molar-refractivity contribution in [2.24, 2.45) is 33.8 Å². The van der Waals surface area contributed by atoms with E-state index in [9.17, 15) is 29.4 Å². The molecule has 0 aliphatic rings. The van der Waals surface area contributed by atoms with Crippen molar-refractivity contribution in [3.63, 3.8) is 0 Å². The van der Waals surface area contributed by atoms with Gasteiger partial charge in [-0.05, 0) is 38.1 Å². The fourth-order valence-corrected chi connectivity index (χ4v) is 2.92. The second-order valence-electron chi connectivity index (χ2n) is 8.21. The second-order valence-corrected chi connectivity index (χ2v) is 8.21. The maximum Gasteiger partial charge on any atom is 0.326 e. The molecule has 0 spiro atoms. The van der Waals surface area contributed by atoms with Gasteiger partial charge in [-0.15, -0.1) is 0 Å². The summed E-state index contributed by atoms with van der Waals surface area (Å²) in [5, 5.41) is 26.1. The predicted molar refractivity (Wildman–Crippen MR) is 126 cm³/mol. The van der Waals surface area contributed by atoms with E-state index in [4.69, 9.17) is 22.9 Å².